The summed E-state index contributed by atoms with van der Waals surface area (Å²) >= 11 is 6.19. The van der Waals surface area contributed by atoms with Crippen LogP contribution in [0.4, 0.5) is 0 Å². The predicted molar refractivity (Wildman–Crippen MR) is 108 cm³/mol. The molecule has 0 aliphatic carbocycles. The lowest BCUT2D eigenvalue weighted by atomic mass is 10.0. The van der Waals surface area contributed by atoms with Crippen molar-refractivity contribution in [1.82, 2.24) is 0 Å². The summed E-state index contributed by atoms with van der Waals surface area (Å²) in [5, 5.41) is 1.23. The van der Waals surface area contributed by atoms with E-state index in [9.17, 15) is 9.00 Å². The number of benzene rings is 3. The van der Waals surface area contributed by atoms with Gasteiger partial charge in [0.2, 0.25) is 5.78 Å². The SMILES string of the molecule is O=C(c1ccccc1)c1oc2ccccc2c1CS(=O)c1ccccc1Cl. The van der Waals surface area contributed by atoms with Crippen molar-refractivity contribution in [2.24, 2.45) is 0 Å². The topological polar surface area (TPSA) is 47.3 Å². The highest BCUT2D eigenvalue weighted by atomic mass is 35.5. The van der Waals surface area contributed by atoms with Crippen LogP contribution in [0.3, 0.4) is 0 Å². The molecule has 1 atom stereocenters. The van der Waals surface area contributed by atoms with Crippen LogP contribution in [0.1, 0.15) is 21.7 Å². The maximum Gasteiger partial charge on any atom is 0.228 e. The normalized spacial score (nSPS) is 12.2. The van der Waals surface area contributed by atoms with Crippen molar-refractivity contribution >= 4 is 39.2 Å². The van der Waals surface area contributed by atoms with Crippen LogP contribution in [-0.4, -0.2) is 9.99 Å². The summed E-state index contributed by atoms with van der Waals surface area (Å²) in [5.41, 5.74) is 1.77. The van der Waals surface area contributed by atoms with Gasteiger partial charge in [-0.3, -0.25) is 9.00 Å². The van der Waals surface area contributed by atoms with E-state index in [-0.39, 0.29) is 17.3 Å². The van der Waals surface area contributed by atoms with Crippen molar-refractivity contribution in [3.05, 3.63) is 101 Å². The second-order valence-corrected chi connectivity index (χ2v) is 7.85. The van der Waals surface area contributed by atoms with Crippen molar-refractivity contribution < 1.29 is 13.4 Å². The number of rotatable bonds is 5. The van der Waals surface area contributed by atoms with Crippen LogP contribution in [0.25, 0.3) is 11.0 Å². The Bertz CT molecular complexity index is 1150. The predicted octanol–water partition coefficient (Wildman–Crippen LogP) is 5.63. The van der Waals surface area contributed by atoms with E-state index in [2.05, 4.69) is 0 Å². The van der Waals surface area contributed by atoms with Gasteiger partial charge >= 0.3 is 0 Å². The van der Waals surface area contributed by atoms with Gasteiger partial charge in [-0.1, -0.05) is 72.3 Å². The zero-order valence-electron chi connectivity index (χ0n) is 14.2. The van der Waals surface area contributed by atoms with Crippen LogP contribution in [0.2, 0.25) is 5.02 Å². The van der Waals surface area contributed by atoms with Crippen molar-refractivity contribution in [2.45, 2.75) is 10.6 Å². The van der Waals surface area contributed by atoms with Gasteiger partial charge in [0.05, 0.1) is 26.5 Å². The standard InChI is InChI=1S/C22H15ClO3S/c23-18-11-5-7-13-20(18)27(25)14-17-16-10-4-6-12-19(16)26-22(17)21(24)15-8-2-1-3-9-15/h1-13H,14H2. The first kappa shape index (κ1) is 17.7. The molecule has 0 spiro atoms. The number of para-hydroxylation sites is 1. The molecule has 4 aromatic rings. The Morgan fingerprint density at radius 1 is 0.889 bits per heavy atom. The van der Waals surface area contributed by atoms with Gasteiger partial charge in [0.1, 0.15) is 5.58 Å². The minimum atomic E-state index is -1.41. The Kier molecular flexibility index (Phi) is 4.92. The minimum Gasteiger partial charge on any atom is -0.452 e. The quantitative estimate of drug-likeness (QED) is 0.412. The summed E-state index contributed by atoms with van der Waals surface area (Å²) < 4.78 is 18.8. The highest BCUT2D eigenvalue weighted by Crippen LogP contribution is 2.31. The number of carbonyl (C=O) groups excluding carboxylic acids is 1. The first-order valence-corrected chi connectivity index (χ1v) is 10.1. The number of carbonyl (C=O) groups is 1. The largest absolute Gasteiger partial charge is 0.452 e. The first-order valence-electron chi connectivity index (χ1n) is 8.38. The Hall–Kier alpha value is -2.69. The summed E-state index contributed by atoms with van der Waals surface area (Å²) in [6, 6.07) is 23.4. The molecule has 1 unspecified atom stereocenters. The molecule has 4 rings (SSSR count). The van der Waals surface area contributed by atoms with Crippen molar-refractivity contribution in [1.29, 1.82) is 0 Å². The van der Waals surface area contributed by atoms with Gasteiger partial charge in [0, 0.05) is 16.5 Å². The Morgan fingerprint density at radius 2 is 1.56 bits per heavy atom. The molecular weight excluding hydrogens is 380 g/mol. The van der Waals surface area contributed by atoms with Gasteiger partial charge in [-0.2, -0.15) is 0 Å². The van der Waals surface area contributed by atoms with Crippen LogP contribution in [0, 0.1) is 0 Å². The van der Waals surface area contributed by atoms with Gasteiger partial charge in [-0.05, 0) is 18.2 Å². The van der Waals surface area contributed by atoms with Crippen molar-refractivity contribution in [3.8, 4) is 0 Å². The molecule has 134 valence electrons. The molecule has 0 aliphatic rings. The summed E-state index contributed by atoms with van der Waals surface area (Å²) in [6.45, 7) is 0. The summed E-state index contributed by atoms with van der Waals surface area (Å²) in [5.74, 6) is 0.148. The second kappa shape index (κ2) is 7.51. The van der Waals surface area contributed by atoms with Crippen LogP contribution < -0.4 is 0 Å². The summed E-state index contributed by atoms with van der Waals surface area (Å²) in [7, 11) is -1.41. The third kappa shape index (κ3) is 3.46. The van der Waals surface area contributed by atoms with E-state index in [0.29, 0.717) is 26.6 Å². The molecule has 5 heteroatoms. The van der Waals surface area contributed by atoms with E-state index in [4.69, 9.17) is 16.0 Å². The molecule has 0 saturated carbocycles. The first-order chi connectivity index (χ1) is 13.1. The molecule has 1 aromatic heterocycles. The monoisotopic (exact) mass is 394 g/mol. The van der Waals surface area contributed by atoms with E-state index in [1.807, 2.05) is 24.3 Å². The number of ketones is 1. The van der Waals surface area contributed by atoms with E-state index >= 15 is 0 Å². The maximum atomic E-state index is 13.0. The van der Waals surface area contributed by atoms with E-state index in [1.54, 1.807) is 54.6 Å². The maximum absolute atomic E-state index is 13.0. The average Bonchev–Trinajstić information content (AvgIpc) is 3.07. The van der Waals surface area contributed by atoms with Gasteiger partial charge in [-0.25, -0.2) is 0 Å². The number of hydrogen-bond donors (Lipinski definition) is 0. The number of hydrogen-bond acceptors (Lipinski definition) is 3. The molecule has 0 N–H and O–H groups in total. The molecule has 0 fully saturated rings. The van der Waals surface area contributed by atoms with E-state index in [1.165, 1.54) is 0 Å². The molecule has 0 bridgehead atoms. The molecule has 27 heavy (non-hydrogen) atoms. The fourth-order valence-electron chi connectivity index (χ4n) is 2.98. The molecule has 0 amide bonds. The molecule has 3 aromatic carbocycles. The van der Waals surface area contributed by atoms with E-state index < -0.39 is 10.8 Å². The van der Waals surface area contributed by atoms with Crippen molar-refractivity contribution in [2.75, 3.05) is 0 Å². The van der Waals surface area contributed by atoms with Crippen LogP contribution in [0.15, 0.2) is 88.2 Å². The van der Waals surface area contributed by atoms with Crippen molar-refractivity contribution in [3.63, 3.8) is 0 Å². The molecule has 0 saturated heterocycles. The molecule has 1 heterocycles. The Labute approximate surface area is 164 Å². The number of halogens is 1. The second-order valence-electron chi connectivity index (χ2n) is 6.02. The summed E-state index contributed by atoms with van der Waals surface area (Å²) in [4.78, 5) is 13.5. The number of furan rings is 1. The van der Waals surface area contributed by atoms with Crippen LogP contribution in [0.5, 0.6) is 0 Å². The molecule has 3 nitrogen and oxygen atoms in total. The zero-order valence-corrected chi connectivity index (χ0v) is 15.8. The smallest absolute Gasteiger partial charge is 0.228 e. The lowest BCUT2D eigenvalue weighted by Crippen LogP contribution is -2.05. The fourth-order valence-corrected chi connectivity index (χ4v) is 4.60. The highest BCUT2D eigenvalue weighted by molar-refractivity contribution is 7.84. The van der Waals surface area contributed by atoms with Gasteiger partial charge in [0.15, 0.2) is 5.76 Å². The van der Waals surface area contributed by atoms with Crippen LogP contribution in [-0.2, 0) is 16.6 Å². The average molecular weight is 395 g/mol. The van der Waals surface area contributed by atoms with Gasteiger partial charge in [0.25, 0.3) is 0 Å². The Balaban J connectivity index is 1.80. The Morgan fingerprint density at radius 3 is 2.33 bits per heavy atom. The third-order valence-electron chi connectivity index (χ3n) is 4.30. The third-order valence-corrected chi connectivity index (χ3v) is 6.14. The highest BCUT2D eigenvalue weighted by Gasteiger charge is 2.24. The summed E-state index contributed by atoms with van der Waals surface area (Å²) in [6.07, 6.45) is 0. The van der Waals surface area contributed by atoms with Crippen LogP contribution >= 0.6 is 11.6 Å². The fraction of sp³-hybridized carbons (Fsp3) is 0.0455. The lowest BCUT2D eigenvalue weighted by molar-refractivity contribution is 0.101. The minimum absolute atomic E-state index is 0.147. The van der Waals surface area contributed by atoms with Gasteiger partial charge < -0.3 is 4.42 Å². The molecule has 0 radical (unpaired) electrons. The zero-order chi connectivity index (χ0) is 18.8. The molecule has 0 aliphatic heterocycles. The molecular formula is C22H15ClO3S. The van der Waals surface area contributed by atoms with E-state index in [0.717, 1.165) is 5.39 Å². The van der Waals surface area contributed by atoms with Gasteiger partial charge in [-0.15, -0.1) is 0 Å². The number of fused-ring (bicyclic) bond motifs is 1. The lowest BCUT2D eigenvalue weighted by Gasteiger charge is -2.06.